The van der Waals surface area contributed by atoms with Crippen LogP contribution in [0, 0.1) is 0 Å². The van der Waals surface area contributed by atoms with Crippen molar-refractivity contribution in [1.29, 1.82) is 0 Å². The Morgan fingerprint density at radius 1 is 1.05 bits per heavy atom. The summed E-state index contributed by atoms with van der Waals surface area (Å²) in [7, 11) is 1.59. The highest BCUT2D eigenvalue weighted by Crippen LogP contribution is 2.45. The van der Waals surface area contributed by atoms with Gasteiger partial charge in [0, 0.05) is 5.56 Å². The fourth-order valence-electron chi connectivity index (χ4n) is 4.59. The fraction of sp³-hybridized carbons (Fsp3) is 0.233. The van der Waals surface area contributed by atoms with Gasteiger partial charge in [0.1, 0.15) is 17.3 Å². The van der Waals surface area contributed by atoms with Crippen LogP contribution >= 0.6 is 11.3 Å². The van der Waals surface area contributed by atoms with Gasteiger partial charge in [0.25, 0.3) is 5.78 Å². The molecule has 1 amide bonds. The molecular weight excluding hydrogens is 500 g/mol. The average Bonchev–Trinajstić information content (AvgIpc) is 3.46. The molecular formula is C30H28N2O5S. The van der Waals surface area contributed by atoms with Gasteiger partial charge in [-0.15, -0.1) is 0 Å². The van der Waals surface area contributed by atoms with Gasteiger partial charge in [0.05, 0.1) is 35.5 Å². The molecule has 1 fully saturated rings. The van der Waals surface area contributed by atoms with E-state index in [1.165, 1.54) is 16.2 Å². The van der Waals surface area contributed by atoms with E-state index >= 15 is 0 Å². The van der Waals surface area contributed by atoms with Crippen LogP contribution in [0.1, 0.15) is 49.4 Å². The van der Waals surface area contributed by atoms with Gasteiger partial charge in [-0.2, -0.15) is 0 Å². The normalized spacial score (nSPS) is 17.0. The smallest absolute Gasteiger partial charge is 0.301 e. The molecule has 1 aliphatic heterocycles. The molecule has 1 aliphatic rings. The van der Waals surface area contributed by atoms with E-state index in [0.717, 1.165) is 10.3 Å². The number of ether oxygens (including phenoxy) is 2. The molecule has 0 aliphatic carbocycles. The van der Waals surface area contributed by atoms with Crippen molar-refractivity contribution in [3.05, 3.63) is 89.0 Å². The Morgan fingerprint density at radius 3 is 2.50 bits per heavy atom. The third kappa shape index (κ3) is 4.52. The zero-order chi connectivity index (χ0) is 27.0. The van der Waals surface area contributed by atoms with Crippen LogP contribution in [0.5, 0.6) is 11.5 Å². The maximum Gasteiger partial charge on any atom is 0.301 e. The summed E-state index contributed by atoms with van der Waals surface area (Å²) in [4.78, 5) is 33.1. The number of hydrogen-bond donors (Lipinski definition) is 1. The van der Waals surface area contributed by atoms with E-state index < -0.39 is 17.7 Å². The summed E-state index contributed by atoms with van der Waals surface area (Å²) in [6, 6.07) is 19.2. The summed E-state index contributed by atoms with van der Waals surface area (Å²) in [5.74, 6) is -0.215. The molecule has 1 atom stereocenters. The molecule has 1 N–H and O–H groups in total. The first kappa shape index (κ1) is 25.5. The quantitative estimate of drug-likeness (QED) is 0.168. The van der Waals surface area contributed by atoms with Gasteiger partial charge in [-0.1, -0.05) is 61.6 Å². The number of Topliss-reactive ketones (excluding diaryl/α,β-unsaturated/α-hetero) is 1. The van der Waals surface area contributed by atoms with Crippen molar-refractivity contribution in [3.8, 4) is 11.5 Å². The van der Waals surface area contributed by atoms with Gasteiger partial charge < -0.3 is 14.6 Å². The lowest BCUT2D eigenvalue weighted by molar-refractivity contribution is -0.132. The lowest BCUT2D eigenvalue weighted by Gasteiger charge is -2.23. The summed E-state index contributed by atoms with van der Waals surface area (Å²) in [6.45, 7) is 6.52. The van der Waals surface area contributed by atoms with E-state index in [1.807, 2.05) is 43.3 Å². The molecule has 5 rings (SSSR count). The lowest BCUT2D eigenvalue weighted by Crippen LogP contribution is -2.29. The molecule has 1 saturated heterocycles. The van der Waals surface area contributed by atoms with Crippen LogP contribution in [0.2, 0.25) is 0 Å². The van der Waals surface area contributed by atoms with Crippen molar-refractivity contribution >= 4 is 44.1 Å². The molecule has 2 heterocycles. The number of hydrogen-bond acceptors (Lipinski definition) is 7. The molecule has 0 spiro atoms. The zero-order valence-electron chi connectivity index (χ0n) is 21.6. The number of fused-ring (bicyclic) bond motifs is 1. The summed E-state index contributed by atoms with van der Waals surface area (Å²) >= 11 is 1.29. The second-order valence-electron chi connectivity index (χ2n) is 9.28. The predicted molar refractivity (Wildman–Crippen MR) is 149 cm³/mol. The number of carbonyl (C=O) groups is 2. The number of aliphatic hydroxyl groups is 1. The molecule has 194 valence electrons. The van der Waals surface area contributed by atoms with Crippen molar-refractivity contribution in [2.24, 2.45) is 0 Å². The number of thiazole rings is 1. The topological polar surface area (TPSA) is 89.0 Å². The highest BCUT2D eigenvalue weighted by atomic mass is 32.1. The van der Waals surface area contributed by atoms with Crippen LogP contribution in [0.3, 0.4) is 0 Å². The van der Waals surface area contributed by atoms with Gasteiger partial charge in [-0.3, -0.25) is 14.5 Å². The Kier molecular flexibility index (Phi) is 6.91. The minimum Gasteiger partial charge on any atom is -0.507 e. The van der Waals surface area contributed by atoms with Crippen LogP contribution in [-0.4, -0.2) is 35.5 Å². The van der Waals surface area contributed by atoms with Crippen LogP contribution in [0.4, 0.5) is 5.13 Å². The SMILES string of the molecule is CCOc1cccc(/C(O)=C2\C(=O)C(=O)N(c3nc4ccc(OC)cc4s3)C2c2ccc(C(C)C)cc2)c1. The summed E-state index contributed by atoms with van der Waals surface area (Å²) in [5.41, 5.74) is 2.92. The Labute approximate surface area is 225 Å². The van der Waals surface area contributed by atoms with Crippen molar-refractivity contribution in [2.45, 2.75) is 32.7 Å². The molecule has 4 aromatic rings. The number of methoxy groups -OCH3 is 1. The van der Waals surface area contributed by atoms with E-state index in [2.05, 4.69) is 18.8 Å². The number of ketones is 1. The molecule has 0 bridgehead atoms. The van der Waals surface area contributed by atoms with E-state index in [9.17, 15) is 14.7 Å². The van der Waals surface area contributed by atoms with Crippen LogP contribution in [0.15, 0.2) is 72.3 Å². The number of aromatic nitrogens is 1. The van der Waals surface area contributed by atoms with Crippen molar-refractivity contribution in [2.75, 3.05) is 18.6 Å². The third-order valence-electron chi connectivity index (χ3n) is 6.57. The molecule has 7 nitrogen and oxygen atoms in total. The maximum absolute atomic E-state index is 13.5. The number of aliphatic hydroxyl groups excluding tert-OH is 1. The number of amides is 1. The predicted octanol–water partition coefficient (Wildman–Crippen LogP) is 6.45. The Hall–Kier alpha value is -4.17. The number of nitrogens with zero attached hydrogens (tertiary/aromatic N) is 2. The first-order chi connectivity index (χ1) is 18.3. The average molecular weight is 529 g/mol. The summed E-state index contributed by atoms with van der Waals surface area (Å²) in [5, 5.41) is 11.8. The minimum absolute atomic E-state index is 0.0118. The van der Waals surface area contributed by atoms with Crippen LogP contribution < -0.4 is 14.4 Å². The Morgan fingerprint density at radius 2 is 1.82 bits per heavy atom. The van der Waals surface area contributed by atoms with Gasteiger partial charge in [0.2, 0.25) is 0 Å². The first-order valence-corrected chi connectivity index (χ1v) is 13.2. The molecule has 8 heteroatoms. The van der Waals surface area contributed by atoms with Crippen molar-refractivity contribution in [1.82, 2.24) is 4.98 Å². The number of carbonyl (C=O) groups excluding carboxylic acids is 2. The highest BCUT2D eigenvalue weighted by molar-refractivity contribution is 7.22. The number of anilines is 1. The van der Waals surface area contributed by atoms with Crippen LogP contribution in [0.25, 0.3) is 16.0 Å². The molecule has 3 aromatic carbocycles. The van der Waals surface area contributed by atoms with Gasteiger partial charge >= 0.3 is 5.91 Å². The fourth-order valence-corrected chi connectivity index (χ4v) is 5.61. The van der Waals surface area contributed by atoms with Gasteiger partial charge in [-0.05, 0) is 54.3 Å². The van der Waals surface area contributed by atoms with Crippen molar-refractivity contribution in [3.63, 3.8) is 0 Å². The zero-order valence-corrected chi connectivity index (χ0v) is 22.4. The van der Waals surface area contributed by atoms with E-state index in [4.69, 9.17) is 9.47 Å². The summed E-state index contributed by atoms with van der Waals surface area (Å²) < 4.78 is 11.7. The summed E-state index contributed by atoms with van der Waals surface area (Å²) in [6.07, 6.45) is 0. The second-order valence-corrected chi connectivity index (χ2v) is 10.3. The number of benzene rings is 3. The van der Waals surface area contributed by atoms with E-state index in [-0.39, 0.29) is 11.3 Å². The minimum atomic E-state index is -0.852. The molecule has 1 unspecified atom stereocenters. The molecule has 0 radical (unpaired) electrons. The standard InChI is InChI=1S/C30H28N2O5S/c1-5-37-22-8-6-7-20(15-22)27(33)25-26(19-11-9-18(10-12-19)17(2)3)32(29(35)28(25)34)30-31-23-14-13-21(36-4)16-24(23)38-30/h6-17,26,33H,5H2,1-4H3/b27-25+. The monoisotopic (exact) mass is 528 g/mol. The number of rotatable bonds is 7. The van der Waals surface area contributed by atoms with E-state index in [1.54, 1.807) is 37.4 Å². The maximum atomic E-state index is 13.5. The van der Waals surface area contributed by atoms with Gasteiger partial charge in [-0.25, -0.2) is 4.98 Å². The van der Waals surface area contributed by atoms with Crippen LogP contribution in [-0.2, 0) is 9.59 Å². The second kappa shape index (κ2) is 10.3. The van der Waals surface area contributed by atoms with E-state index in [0.29, 0.717) is 45.8 Å². The lowest BCUT2D eigenvalue weighted by atomic mass is 9.93. The molecule has 38 heavy (non-hydrogen) atoms. The Balaban J connectivity index is 1.69. The highest BCUT2D eigenvalue weighted by Gasteiger charge is 2.48. The van der Waals surface area contributed by atoms with Gasteiger partial charge in [0.15, 0.2) is 5.13 Å². The molecule has 1 aromatic heterocycles. The Bertz CT molecular complexity index is 1550. The molecule has 0 saturated carbocycles. The first-order valence-electron chi connectivity index (χ1n) is 12.4. The third-order valence-corrected chi connectivity index (χ3v) is 7.59. The largest absolute Gasteiger partial charge is 0.507 e. The van der Waals surface area contributed by atoms with Crippen molar-refractivity contribution < 1.29 is 24.2 Å².